The van der Waals surface area contributed by atoms with E-state index in [4.69, 9.17) is 13.9 Å². The Morgan fingerprint density at radius 1 is 0.640 bits per heavy atom. The molecule has 9 nitrogen and oxygen atoms in total. The molecule has 254 valence electrons. The smallest absolute Gasteiger partial charge is 0.305 e. The Kier molecular flexibility index (Phi) is 9.27. The van der Waals surface area contributed by atoms with Crippen molar-refractivity contribution in [3.05, 3.63) is 130 Å². The van der Waals surface area contributed by atoms with Crippen LogP contribution < -0.4 is 9.80 Å². The zero-order valence-corrected chi connectivity index (χ0v) is 28.4. The number of hydrogen-bond donors (Lipinski definition) is 1. The van der Waals surface area contributed by atoms with Crippen LogP contribution in [0.2, 0.25) is 0 Å². The molecule has 7 atom stereocenters. The van der Waals surface area contributed by atoms with Gasteiger partial charge in [0.2, 0.25) is 0 Å². The minimum absolute atomic E-state index is 0.0879. The number of azide groups is 1. The SMILES string of the molecule is O=S1O[C@H]2[C@H](N3c4ccccc4C=Cc4ccccc43)CCC[C@H]2O1.[N-]=[N+]=N[C@H]1CCC[C@@H](N2c3ccccc3C=Cc3ccccc32)[C@@H]1O. The van der Waals surface area contributed by atoms with Gasteiger partial charge in [0.15, 0.2) is 0 Å². The summed E-state index contributed by atoms with van der Waals surface area (Å²) < 4.78 is 23.0. The maximum Gasteiger partial charge on any atom is 0.305 e. The van der Waals surface area contributed by atoms with Gasteiger partial charge in [-0.05, 0) is 84.2 Å². The first-order valence-corrected chi connectivity index (χ1v) is 18.4. The van der Waals surface area contributed by atoms with Gasteiger partial charge in [-0.25, -0.2) is 0 Å². The minimum Gasteiger partial charge on any atom is -0.391 e. The van der Waals surface area contributed by atoms with Gasteiger partial charge in [-0.1, -0.05) is 109 Å². The molecule has 0 aromatic heterocycles. The van der Waals surface area contributed by atoms with Crippen LogP contribution in [0.4, 0.5) is 22.7 Å². The van der Waals surface area contributed by atoms with Crippen molar-refractivity contribution < 1.29 is 17.7 Å². The lowest BCUT2D eigenvalue weighted by atomic mass is 9.86. The summed E-state index contributed by atoms with van der Waals surface area (Å²) in [4.78, 5) is 7.53. The zero-order chi connectivity index (χ0) is 34.0. The largest absolute Gasteiger partial charge is 0.391 e. The topological polar surface area (TPSA) is 111 Å². The monoisotopic (exact) mass is 685 g/mol. The van der Waals surface area contributed by atoms with Crippen LogP contribution in [0.3, 0.4) is 0 Å². The Bertz CT molecular complexity index is 1910. The number of benzene rings is 4. The number of aliphatic hydroxyl groups excluding tert-OH is 1. The fourth-order valence-electron chi connectivity index (χ4n) is 8.16. The highest BCUT2D eigenvalue weighted by Crippen LogP contribution is 2.44. The first kappa shape index (κ1) is 32.5. The average molecular weight is 686 g/mol. The van der Waals surface area contributed by atoms with Gasteiger partial charge in [0.25, 0.3) is 0 Å². The van der Waals surface area contributed by atoms with Crippen molar-refractivity contribution in [3.63, 3.8) is 0 Å². The van der Waals surface area contributed by atoms with Crippen LogP contribution in [0.5, 0.6) is 0 Å². The summed E-state index contributed by atoms with van der Waals surface area (Å²) >= 11 is -1.63. The summed E-state index contributed by atoms with van der Waals surface area (Å²) in [6.07, 6.45) is 13.1. The third-order valence-corrected chi connectivity index (χ3v) is 11.2. The van der Waals surface area contributed by atoms with Crippen molar-refractivity contribution >= 4 is 58.4 Å². The minimum atomic E-state index is -1.63. The molecule has 2 aliphatic carbocycles. The molecular weight excluding hydrogens is 647 g/mol. The molecule has 0 amide bonds. The predicted octanol–water partition coefficient (Wildman–Crippen LogP) is 9.12. The maximum absolute atomic E-state index is 11.8. The van der Waals surface area contributed by atoms with Crippen molar-refractivity contribution in [2.24, 2.45) is 5.11 Å². The third kappa shape index (κ3) is 6.14. The fraction of sp³-hybridized carbons (Fsp3) is 0.300. The van der Waals surface area contributed by atoms with Gasteiger partial charge in [-0.3, -0.25) is 8.37 Å². The Morgan fingerprint density at radius 3 is 1.58 bits per heavy atom. The quantitative estimate of drug-likeness (QED) is 0.131. The normalized spacial score (nSPS) is 27.5. The van der Waals surface area contributed by atoms with Crippen molar-refractivity contribution in [1.82, 2.24) is 0 Å². The van der Waals surface area contributed by atoms with Gasteiger partial charge in [0.05, 0.1) is 24.2 Å². The van der Waals surface area contributed by atoms with E-state index in [0.29, 0.717) is 0 Å². The van der Waals surface area contributed by atoms with E-state index in [2.05, 4.69) is 117 Å². The number of nitrogens with zero attached hydrogens (tertiary/aromatic N) is 5. The van der Waals surface area contributed by atoms with Crippen molar-refractivity contribution in [1.29, 1.82) is 0 Å². The van der Waals surface area contributed by atoms with Gasteiger partial charge in [0.1, 0.15) is 12.2 Å². The summed E-state index contributed by atoms with van der Waals surface area (Å²) in [5, 5.41) is 14.8. The second kappa shape index (κ2) is 14.3. The molecule has 2 saturated carbocycles. The molecule has 1 unspecified atom stereocenters. The lowest BCUT2D eigenvalue weighted by Crippen LogP contribution is -2.49. The van der Waals surface area contributed by atoms with Gasteiger partial charge in [-0.2, -0.15) is 4.21 Å². The predicted molar refractivity (Wildman–Crippen MR) is 200 cm³/mol. The Labute approximate surface area is 295 Å². The molecule has 1 N–H and O–H groups in total. The van der Waals surface area contributed by atoms with Crippen LogP contribution in [0.15, 0.2) is 102 Å². The van der Waals surface area contributed by atoms with Crippen molar-refractivity contribution in [2.75, 3.05) is 9.80 Å². The number of fused-ring (bicyclic) bond motifs is 5. The molecule has 4 aromatic rings. The van der Waals surface area contributed by atoms with Crippen LogP contribution in [-0.4, -0.2) is 45.8 Å². The second-order valence-electron chi connectivity index (χ2n) is 13.3. The molecule has 50 heavy (non-hydrogen) atoms. The third-order valence-electron chi connectivity index (χ3n) is 10.4. The van der Waals surface area contributed by atoms with Crippen molar-refractivity contribution in [2.45, 2.75) is 75.0 Å². The molecule has 9 rings (SSSR count). The number of anilines is 4. The van der Waals surface area contributed by atoms with Crippen LogP contribution in [0, 0.1) is 0 Å². The fourth-order valence-corrected chi connectivity index (χ4v) is 9.04. The van der Waals surface area contributed by atoms with E-state index in [0.717, 1.165) is 72.4 Å². The maximum atomic E-state index is 11.8. The molecule has 0 spiro atoms. The molecule has 5 aliphatic rings. The number of aliphatic hydroxyl groups is 1. The van der Waals surface area contributed by atoms with E-state index in [1.807, 2.05) is 24.3 Å². The van der Waals surface area contributed by atoms with E-state index in [1.54, 1.807) is 0 Å². The Hall–Kier alpha value is -4.70. The Morgan fingerprint density at radius 2 is 1.08 bits per heavy atom. The first-order chi connectivity index (χ1) is 24.6. The number of rotatable bonds is 3. The standard InChI is InChI=1S/C20H20N4O.C20H19NO3S/c21-23-22-16-8-5-11-19(20(16)25)24-17-9-3-1-6-14(17)12-13-15-7-2-4-10-18(15)24;22-25-23-19-11-5-10-18(20(19)24-25)21-16-8-3-1-6-14(16)12-13-15-7-2-4-9-17(15)21/h1-4,6-7,9-10,12-13,16,19-20,25H,5,8,11H2;1-4,6-9,12-13,18-20H,5,10-11H2/t16-,19+,20+;18-,19-,20+,25?/m01/s1. The molecule has 0 radical (unpaired) electrons. The molecule has 3 heterocycles. The highest BCUT2D eigenvalue weighted by molar-refractivity contribution is 7.75. The Balaban J connectivity index is 0.000000144. The molecule has 3 fully saturated rings. The number of para-hydroxylation sites is 4. The van der Waals surface area contributed by atoms with Gasteiger partial charge in [0, 0.05) is 27.7 Å². The highest BCUT2D eigenvalue weighted by atomic mass is 32.2. The van der Waals surface area contributed by atoms with Crippen LogP contribution in [0.1, 0.15) is 60.8 Å². The van der Waals surface area contributed by atoms with Gasteiger partial charge < -0.3 is 14.9 Å². The highest BCUT2D eigenvalue weighted by Gasteiger charge is 2.46. The summed E-state index contributed by atoms with van der Waals surface area (Å²) in [5.41, 5.74) is 17.9. The van der Waals surface area contributed by atoms with Gasteiger partial charge >= 0.3 is 11.4 Å². The molecular formula is C40H39N5O4S. The summed E-state index contributed by atoms with van der Waals surface area (Å²) in [5.74, 6) is 0. The van der Waals surface area contributed by atoms with E-state index in [-0.39, 0.29) is 30.3 Å². The van der Waals surface area contributed by atoms with E-state index < -0.39 is 17.5 Å². The average Bonchev–Trinajstić information content (AvgIpc) is 3.35. The molecule has 0 bridgehead atoms. The molecule has 1 saturated heterocycles. The lowest BCUT2D eigenvalue weighted by molar-refractivity contribution is 0.0879. The van der Waals surface area contributed by atoms with E-state index in [9.17, 15) is 9.32 Å². The summed E-state index contributed by atoms with van der Waals surface area (Å²) in [6.45, 7) is 0. The zero-order valence-electron chi connectivity index (χ0n) is 27.6. The molecule has 4 aromatic carbocycles. The van der Waals surface area contributed by atoms with Crippen molar-refractivity contribution in [3.8, 4) is 0 Å². The van der Waals surface area contributed by atoms with Crippen LogP contribution in [0.25, 0.3) is 34.7 Å². The van der Waals surface area contributed by atoms with Gasteiger partial charge in [-0.15, -0.1) is 0 Å². The first-order valence-electron chi connectivity index (χ1n) is 17.4. The lowest BCUT2D eigenvalue weighted by Gasteiger charge is -2.42. The van der Waals surface area contributed by atoms with Crippen LogP contribution >= 0.6 is 0 Å². The summed E-state index contributed by atoms with van der Waals surface area (Å²) in [6, 6.07) is 32.9. The molecule has 3 aliphatic heterocycles. The molecule has 10 heteroatoms. The van der Waals surface area contributed by atoms with Crippen LogP contribution in [-0.2, 0) is 19.7 Å². The number of hydrogen-bond acceptors (Lipinski definition) is 7. The van der Waals surface area contributed by atoms with E-state index in [1.165, 1.54) is 11.1 Å². The second-order valence-corrected chi connectivity index (χ2v) is 14.1. The summed E-state index contributed by atoms with van der Waals surface area (Å²) in [7, 11) is 0. The van der Waals surface area contributed by atoms with E-state index >= 15 is 0 Å².